The van der Waals surface area contributed by atoms with Crippen molar-refractivity contribution in [2.24, 2.45) is 0 Å². The van der Waals surface area contributed by atoms with E-state index in [9.17, 15) is 0 Å². The maximum atomic E-state index is 9.12. The molecule has 0 aliphatic heterocycles. The molecule has 0 amide bonds. The molecule has 0 saturated carbocycles. The van der Waals surface area contributed by atoms with E-state index in [1.807, 2.05) is 18.2 Å². The first-order valence-corrected chi connectivity index (χ1v) is 5.07. The first-order chi connectivity index (χ1) is 7.90. The van der Waals surface area contributed by atoms with Crippen LogP contribution in [-0.2, 0) is 13.2 Å². The summed E-state index contributed by atoms with van der Waals surface area (Å²) in [6.45, 7) is 0.640. The molecule has 0 aliphatic carbocycles. The summed E-state index contributed by atoms with van der Waals surface area (Å²) in [6, 6.07) is 7.53. The van der Waals surface area contributed by atoms with Gasteiger partial charge in [-0.25, -0.2) is 4.98 Å². The predicted molar refractivity (Wildman–Crippen MR) is 61.7 cm³/mol. The molecule has 0 fully saturated rings. The summed E-state index contributed by atoms with van der Waals surface area (Å²) in [5.74, 6) is 0.717. The van der Waals surface area contributed by atoms with Crippen molar-refractivity contribution in [2.45, 2.75) is 13.2 Å². The van der Waals surface area contributed by atoms with Crippen molar-refractivity contribution in [1.29, 1.82) is 0 Å². The van der Waals surface area contributed by atoms with Gasteiger partial charge in [-0.2, -0.15) is 0 Å². The van der Waals surface area contributed by atoms with Crippen LogP contribution in [0.25, 0.3) is 0 Å². The van der Waals surface area contributed by atoms with Crippen LogP contribution >= 0.6 is 0 Å². The molecule has 16 heavy (non-hydrogen) atoms. The molecule has 2 aromatic heterocycles. The Morgan fingerprint density at radius 1 is 1.19 bits per heavy atom. The van der Waals surface area contributed by atoms with Crippen LogP contribution in [0, 0.1) is 0 Å². The molecular weight excluding hydrogens is 202 g/mol. The molecular formula is C12H13N3O. The van der Waals surface area contributed by atoms with E-state index in [1.54, 1.807) is 24.7 Å². The van der Waals surface area contributed by atoms with E-state index in [0.29, 0.717) is 12.4 Å². The van der Waals surface area contributed by atoms with Crippen molar-refractivity contribution >= 4 is 5.82 Å². The van der Waals surface area contributed by atoms with E-state index in [0.717, 1.165) is 11.1 Å². The van der Waals surface area contributed by atoms with Crippen molar-refractivity contribution in [3.63, 3.8) is 0 Å². The Labute approximate surface area is 94.0 Å². The Balaban J connectivity index is 2.05. The van der Waals surface area contributed by atoms with Gasteiger partial charge in [0.15, 0.2) is 0 Å². The van der Waals surface area contributed by atoms with Crippen LogP contribution in [0.5, 0.6) is 0 Å². The fourth-order valence-electron chi connectivity index (χ4n) is 1.41. The van der Waals surface area contributed by atoms with Crippen molar-refractivity contribution in [3.8, 4) is 0 Å². The number of nitrogens with one attached hydrogen (secondary N) is 1. The minimum atomic E-state index is -0.0107. The largest absolute Gasteiger partial charge is 0.392 e. The third-order valence-electron chi connectivity index (χ3n) is 2.24. The third-order valence-corrected chi connectivity index (χ3v) is 2.24. The maximum absolute atomic E-state index is 9.12. The van der Waals surface area contributed by atoms with Crippen LogP contribution in [0.15, 0.2) is 42.9 Å². The highest BCUT2D eigenvalue weighted by Gasteiger charge is 2.01. The third kappa shape index (κ3) is 2.55. The highest BCUT2D eigenvalue weighted by atomic mass is 16.3. The van der Waals surface area contributed by atoms with Crippen molar-refractivity contribution in [2.75, 3.05) is 5.32 Å². The number of aliphatic hydroxyl groups excluding tert-OH is 1. The lowest BCUT2D eigenvalue weighted by Gasteiger charge is -2.08. The number of nitrogens with zero attached hydrogens (tertiary/aromatic N) is 2. The molecule has 0 saturated heterocycles. The lowest BCUT2D eigenvalue weighted by Crippen LogP contribution is -2.04. The lowest BCUT2D eigenvalue weighted by molar-refractivity contribution is 0.282. The Morgan fingerprint density at radius 3 is 2.81 bits per heavy atom. The Bertz CT molecular complexity index is 445. The second kappa shape index (κ2) is 5.23. The van der Waals surface area contributed by atoms with Gasteiger partial charge in [0, 0.05) is 30.7 Å². The number of anilines is 1. The quantitative estimate of drug-likeness (QED) is 0.813. The van der Waals surface area contributed by atoms with Crippen molar-refractivity contribution < 1.29 is 5.11 Å². The molecule has 0 bridgehead atoms. The number of rotatable bonds is 4. The summed E-state index contributed by atoms with van der Waals surface area (Å²) >= 11 is 0. The van der Waals surface area contributed by atoms with Crippen LogP contribution < -0.4 is 5.32 Å². The van der Waals surface area contributed by atoms with Gasteiger partial charge in [-0.3, -0.25) is 4.98 Å². The Hall–Kier alpha value is -1.94. The summed E-state index contributed by atoms with van der Waals surface area (Å²) in [4.78, 5) is 8.20. The van der Waals surface area contributed by atoms with Gasteiger partial charge in [0.1, 0.15) is 5.82 Å². The molecule has 0 aromatic carbocycles. The van der Waals surface area contributed by atoms with E-state index < -0.39 is 0 Å². The zero-order valence-electron chi connectivity index (χ0n) is 8.80. The molecule has 0 unspecified atom stereocenters. The first-order valence-electron chi connectivity index (χ1n) is 5.07. The smallest absolute Gasteiger partial charge is 0.131 e. The standard InChI is InChI=1S/C12H13N3O/c16-9-11-4-2-6-14-12(11)15-8-10-3-1-5-13-7-10/h1-7,16H,8-9H2,(H,14,15). The van der Waals surface area contributed by atoms with E-state index >= 15 is 0 Å². The van der Waals surface area contributed by atoms with Gasteiger partial charge in [0.05, 0.1) is 6.61 Å². The monoisotopic (exact) mass is 215 g/mol. The summed E-state index contributed by atoms with van der Waals surface area (Å²) < 4.78 is 0. The van der Waals surface area contributed by atoms with E-state index in [2.05, 4.69) is 15.3 Å². The molecule has 4 nitrogen and oxygen atoms in total. The van der Waals surface area contributed by atoms with Gasteiger partial charge in [0.25, 0.3) is 0 Å². The molecule has 2 rings (SSSR count). The number of aliphatic hydroxyl groups is 1. The highest BCUT2D eigenvalue weighted by Crippen LogP contribution is 2.12. The normalized spacial score (nSPS) is 10.1. The summed E-state index contributed by atoms with van der Waals surface area (Å²) in [6.07, 6.45) is 5.24. The second-order valence-corrected chi connectivity index (χ2v) is 3.38. The summed E-state index contributed by atoms with van der Waals surface area (Å²) in [5.41, 5.74) is 1.88. The molecule has 2 N–H and O–H groups in total. The SMILES string of the molecule is OCc1cccnc1NCc1cccnc1. The minimum Gasteiger partial charge on any atom is -0.392 e. The molecule has 2 heterocycles. The van der Waals surface area contributed by atoms with Gasteiger partial charge < -0.3 is 10.4 Å². The number of hydrogen-bond donors (Lipinski definition) is 2. The van der Waals surface area contributed by atoms with Crippen molar-refractivity contribution in [3.05, 3.63) is 54.0 Å². The van der Waals surface area contributed by atoms with Crippen LogP contribution in [0.3, 0.4) is 0 Å². The maximum Gasteiger partial charge on any atom is 0.131 e. The van der Waals surface area contributed by atoms with Gasteiger partial charge in [-0.15, -0.1) is 0 Å². The fraction of sp³-hybridized carbons (Fsp3) is 0.167. The summed E-state index contributed by atoms with van der Waals surface area (Å²) in [7, 11) is 0. The van der Waals surface area contributed by atoms with Gasteiger partial charge in [-0.05, 0) is 17.7 Å². The van der Waals surface area contributed by atoms with Crippen LogP contribution in [0.2, 0.25) is 0 Å². The average Bonchev–Trinajstić information content (AvgIpc) is 2.38. The number of hydrogen-bond acceptors (Lipinski definition) is 4. The highest BCUT2D eigenvalue weighted by molar-refractivity contribution is 5.43. The van der Waals surface area contributed by atoms with Crippen LogP contribution in [0.4, 0.5) is 5.82 Å². The van der Waals surface area contributed by atoms with Gasteiger partial charge in [0.2, 0.25) is 0 Å². The molecule has 0 radical (unpaired) electrons. The predicted octanol–water partition coefficient (Wildman–Crippen LogP) is 1.58. The minimum absolute atomic E-state index is 0.0107. The zero-order valence-corrected chi connectivity index (χ0v) is 8.80. The molecule has 0 aliphatic rings. The van der Waals surface area contributed by atoms with Crippen LogP contribution in [-0.4, -0.2) is 15.1 Å². The summed E-state index contributed by atoms with van der Waals surface area (Å²) in [5, 5.41) is 12.3. The van der Waals surface area contributed by atoms with Gasteiger partial charge >= 0.3 is 0 Å². The molecule has 0 spiro atoms. The molecule has 82 valence electrons. The number of pyridine rings is 2. The molecule has 0 atom stereocenters. The molecule has 4 heteroatoms. The second-order valence-electron chi connectivity index (χ2n) is 3.38. The first kappa shape index (κ1) is 10.6. The number of aromatic nitrogens is 2. The van der Waals surface area contributed by atoms with E-state index in [-0.39, 0.29) is 6.61 Å². The van der Waals surface area contributed by atoms with E-state index in [4.69, 9.17) is 5.11 Å². The van der Waals surface area contributed by atoms with Gasteiger partial charge in [-0.1, -0.05) is 12.1 Å². The Kier molecular flexibility index (Phi) is 3.46. The zero-order chi connectivity index (χ0) is 11.2. The average molecular weight is 215 g/mol. The van der Waals surface area contributed by atoms with E-state index in [1.165, 1.54) is 0 Å². The van der Waals surface area contributed by atoms with Crippen LogP contribution in [0.1, 0.15) is 11.1 Å². The molecule has 2 aromatic rings. The fourth-order valence-corrected chi connectivity index (χ4v) is 1.41. The van der Waals surface area contributed by atoms with Crippen molar-refractivity contribution in [1.82, 2.24) is 9.97 Å². The Morgan fingerprint density at radius 2 is 2.06 bits per heavy atom. The lowest BCUT2D eigenvalue weighted by atomic mass is 10.2. The topological polar surface area (TPSA) is 58.0 Å².